The lowest BCUT2D eigenvalue weighted by Gasteiger charge is -2.07. The number of hydrogen-bond acceptors (Lipinski definition) is 0. The fraction of sp³-hybridized carbons (Fsp3) is 0.0526. The minimum absolute atomic E-state index is 1.08. The van der Waals surface area contributed by atoms with Gasteiger partial charge in [-0.15, -0.1) is 0 Å². The maximum atomic E-state index is 4.13. The van der Waals surface area contributed by atoms with E-state index in [2.05, 4.69) is 74.2 Å². The van der Waals surface area contributed by atoms with E-state index < -0.39 is 0 Å². The van der Waals surface area contributed by atoms with E-state index in [0.29, 0.717) is 0 Å². The maximum absolute atomic E-state index is 4.13. The Bertz CT molecular complexity index is 836. The van der Waals surface area contributed by atoms with Crippen LogP contribution in [0.15, 0.2) is 66.7 Å². The van der Waals surface area contributed by atoms with E-state index in [1.165, 1.54) is 27.1 Å². The lowest BCUT2D eigenvalue weighted by Crippen LogP contribution is -2.24. The molecule has 0 bridgehead atoms. The third-order valence-electron chi connectivity index (χ3n) is 3.62. The molecule has 0 unspecified atom stereocenters. The molecule has 0 radical (unpaired) electrons. The van der Waals surface area contributed by atoms with Gasteiger partial charge in [0.2, 0.25) is 0 Å². The van der Waals surface area contributed by atoms with Gasteiger partial charge in [0, 0.05) is 0 Å². The fourth-order valence-electron chi connectivity index (χ4n) is 2.58. The van der Waals surface area contributed by atoms with E-state index in [9.17, 15) is 0 Å². The summed E-state index contributed by atoms with van der Waals surface area (Å²) < 4.78 is 0. The molecule has 0 atom stereocenters. The van der Waals surface area contributed by atoms with E-state index >= 15 is 0 Å². The molecule has 0 aliphatic heterocycles. The van der Waals surface area contributed by atoms with Gasteiger partial charge in [0.1, 0.15) is 0 Å². The summed E-state index contributed by atoms with van der Waals surface area (Å²) in [6, 6.07) is 23.3. The zero-order chi connectivity index (χ0) is 13.2. The first-order valence-electron chi connectivity index (χ1n) is 6.50. The van der Waals surface area contributed by atoms with Gasteiger partial charge in [-0.3, -0.25) is 0 Å². The zero-order valence-electron chi connectivity index (χ0n) is 11.1. The molecule has 0 fully saturated rings. The average molecular weight is 244 g/mol. The molecule has 0 nitrogen and oxygen atoms in total. The van der Waals surface area contributed by atoms with Crippen LogP contribution in [0.25, 0.3) is 22.9 Å². The van der Waals surface area contributed by atoms with Crippen LogP contribution in [0, 0.1) is 0 Å². The smallest absolute Gasteiger partial charge is 0.0109 e. The van der Waals surface area contributed by atoms with Gasteiger partial charge in [-0.1, -0.05) is 73.3 Å². The molecule has 0 aliphatic rings. The highest BCUT2D eigenvalue weighted by Gasteiger charge is 2.02. The van der Waals surface area contributed by atoms with Gasteiger partial charge in [0.05, 0.1) is 0 Å². The zero-order valence-corrected chi connectivity index (χ0v) is 11.1. The predicted octanol–water partition coefficient (Wildman–Crippen LogP) is 3.47. The summed E-state index contributed by atoms with van der Waals surface area (Å²) >= 11 is 0. The first-order valence-corrected chi connectivity index (χ1v) is 6.50. The van der Waals surface area contributed by atoms with Crippen molar-refractivity contribution in [3.63, 3.8) is 0 Å². The first kappa shape index (κ1) is 11.7. The quantitative estimate of drug-likeness (QED) is 0.615. The summed E-state index contributed by atoms with van der Waals surface area (Å²) in [6.45, 7) is 6.30. The van der Waals surface area contributed by atoms with Crippen LogP contribution in [0.4, 0.5) is 0 Å². The molecule has 3 aromatic carbocycles. The maximum Gasteiger partial charge on any atom is -0.0109 e. The van der Waals surface area contributed by atoms with Gasteiger partial charge in [0.15, 0.2) is 0 Å². The van der Waals surface area contributed by atoms with Crippen molar-refractivity contribution in [3.8, 4) is 0 Å². The molecular weight excluding hydrogens is 228 g/mol. The van der Waals surface area contributed by atoms with Crippen LogP contribution < -0.4 is 10.4 Å². The molecule has 0 aliphatic carbocycles. The third kappa shape index (κ3) is 2.06. The molecular formula is C19H16. The lowest BCUT2D eigenvalue weighted by atomic mass is 9.97. The van der Waals surface area contributed by atoms with Crippen molar-refractivity contribution < 1.29 is 0 Å². The molecule has 0 heteroatoms. The van der Waals surface area contributed by atoms with Gasteiger partial charge < -0.3 is 0 Å². The van der Waals surface area contributed by atoms with Gasteiger partial charge in [-0.05, 0) is 39.3 Å². The van der Waals surface area contributed by atoms with Crippen molar-refractivity contribution in [3.05, 3.63) is 82.7 Å². The van der Waals surface area contributed by atoms with Crippen molar-refractivity contribution in [2.24, 2.45) is 0 Å². The van der Waals surface area contributed by atoms with Crippen molar-refractivity contribution in [2.45, 2.75) is 6.92 Å². The molecule has 0 saturated carbocycles. The molecule has 19 heavy (non-hydrogen) atoms. The Kier molecular flexibility index (Phi) is 2.92. The van der Waals surface area contributed by atoms with Crippen LogP contribution in [-0.4, -0.2) is 0 Å². The second kappa shape index (κ2) is 4.74. The second-order valence-corrected chi connectivity index (χ2v) is 4.81. The van der Waals surface area contributed by atoms with Crippen molar-refractivity contribution in [1.82, 2.24) is 0 Å². The highest BCUT2D eigenvalue weighted by molar-refractivity contribution is 5.93. The topological polar surface area (TPSA) is 0 Å². The van der Waals surface area contributed by atoms with Crippen LogP contribution in [0.2, 0.25) is 0 Å². The minimum atomic E-state index is 1.08. The summed E-state index contributed by atoms with van der Waals surface area (Å²) in [5, 5.41) is 4.87. The minimum Gasteiger partial charge on any atom is -0.0911 e. The highest BCUT2D eigenvalue weighted by atomic mass is 14.1. The molecule has 0 spiro atoms. The van der Waals surface area contributed by atoms with Crippen LogP contribution >= 0.6 is 0 Å². The van der Waals surface area contributed by atoms with Crippen molar-refractivity contribution in [2.75, 3.05) is 0 Å². The number of rotatable bonds is 1. The molecule has 3 aromatic rings. The Hall–Kier alpha value is -2.34. The monoisotopic (exact) mass is 244 g/mol. The molecule has 92 valence electrons. The van der Waals surface area contributed by atoms with Crippen LogP contribution in [0.3, 0.4) is 0 Å². The lowest BCUT2D eigenvalue weighted by molar-refractivity contribution is 1.46. The first-order chi connectivity index (χ1) is 9.27. The normalized spacial score (nSPS) is 12.5. The number of fused-ring (bicyclic) bond motifs is 1. The van der Waals surface area contributed by atoms with Gasteiger partial charge in [0.25, 0.3) is 0 Å². The Morgan fingerprint density at radius 3 is 2.32 bits per heavy atom. The van der Waals surface area contributed by atoms with E-state index in [1.807, 2.05) is 6.07 Å². The Morgan fingerprint density at radius 1 is 0.789 bits per heavy atom. The summed E-state index contributed by atoms with van der Waals surface area (Å²) in [4.78, 5) is 0. The Labute approximate surface area is 113 Å². The number of hydrogen-bond donors (Lipinski definition) is 0. The largest absolute Gasteiger partial charge is 0.0911 e. The standard InChI is InChI=1S/C19H16/c1-14-8-3-5-11-17(14)15(2)18-13-7-10-16-9-4-6-12-19(16)18/h3-13H,1H2,2H3/b17-15+. The summed E-state index contributed by atoms with van der Waals surface area (Å²) in [5.41, 5.74) is 2.57. The summed E-state index contributed by atoms with van der Waals surface area (Å²) in [6.07, 6.45) is 0. The highest BCUT2D eigenvalue weighted by Crippen LogP contribution is 2.22. The van der Waals surface area contributed by atoms with Crippen molar-refractivity contribution >= 4 is 22.9 Å². The van der Waals surface area contributed by atoms with E-state index in [0.717, 1.165) is 5.22 Å². The van der Waals surface area contributed by atoms with Crippen LogP contribution in [0.1, 0.15) is 12.5 Å². The number of benzene rings is 3. The van der Waals surface area contributed by atoms with E-state index in [-0.39, 0.29) is 0 Å². The van der Waals surface area contributed by atoms with Gasteiger partial charge in [-0.2, -0.15) is 0 Å². The molecule has 0 amide bonds. The fourth-order valence-corrected chi connectivity index (χ4v) is 2.58. The Balaban J connectivity index is 2.41. The molecule has 0 aromatic heterocycles. The summed E-state index contributed by atoms with van der Waals surface area (Å²) in [5.74, 6) is 0. The predicted molar refractivity (Wildman–Crippen MR) is 83.3 cm³/mol. The SMILES string of the molecule is C=c1cccc/c1=C(/C)c1cccc2ccccc12. The van der Waals surface area contributed by atoms with Crippen LogP contribution in [-0.2, 0) is 0 Å². The van der Waals surface area contributed by atoms with Gasteiger partial charge >= 0.3 is 0 Å². The molecule has 0 heterocycles. The molecule has 3 rings (SSSR count). The Morgan fingerprint density at radius 2 is 1.47 bits per heavy atom. The molecule has 0 N–H and O–H groups in total. The van der Waals surface area contributed by atoms with Crippen molar-refractivity contribution in [1.29, 1.82) is 0 Å². The second-order valence-electron chi connectivity index (χ2n) is 4.81. The average Bonchev–Trinajstić information content (AvgIpc) is 2.46. The summed E-state index contributed by atoms with van der Waals surface area (Å²) in [7, 11) is 0. The van der Waals surface area contributed by atoms with Crippen LogP contribution in [0.5, 0.6) is 0 Å². The van der Waals surface area contributed by atoms with Gasteiger partial charge in [-0.25, -0.2) is 0 Å². The van der Waals surface area contributed by atoms with E-state index in [4.69, 9.17) is 0 Å². The molecule has 0 saturated heterocycles. The van der Waals surface area contributed by atoms with E-state index in [1.54, 1.807) is 0 Å². The third-order valence-corrected chi connectivity index (χ3v) is 3.62.